The molecule has 0 saturated heterocycles. The lowest BCUT2D eigenvalue weighted by atomic mass is 10.2. The van der Waals surface area contributed by atoms with E-state index in [1.165, 1.54) is 74.2 Å². The van der Waals surface area contributed by atoms with E-state index in [9.17, 15) is 4.20 Å². The number of halogens is 1. The molecule has 0 atom stereocenters. The van der Waals surface area contributed by atoms with Gasteiger partial charge >= 0.3 is 0 Å². The van der Waals surface area contributed by atoms with Gasteiger partial charge in [-0.25, -0.2) is 4.20 Å². The van der Waals surface area contributed by atoms with Crippen molar-refractivity contribution in [1.82, 2.24) is 0 Å². The zero-order valence-electron chi connectivity index (χ0n) is 19.6. The van der Waals surface area contributed by atoms with Gasteiger partial charge in [0.2, 0.25) is 0 Å². The van der Waals surface area contributed by atoms with Gasteiger partial charge in [-0.1, -0.05) is 0 Å². The largest absolute Gasteiger partial charge is 0.786 e. The molecule has 0 aromatic carbocycles. The molecule has 0 N–H and O–H groups in total. The highest BCUT2D eigenvalue weighted by Gasteiger charge is 2.19. The topological polar surface area (TPSA) is 63.2 Å². The number of unbranched alkanes of at least 4 members (excludes halogenated alkanes) is 2. The van der Waals surface area contributed by atoms with Crippen LogP contribution in [0.15, 0.2) is 0 Å². The van der Waals surface area contributed by atoms with Crippen LogP contribution >= 0.6 is 7.91 Å². The Balaban J connectivity index is -0.000000380. The lowest BCUT2D eigenvalue weighted by molar-refractivity contribution is -0.923. The van der Waals surface area contributed by atoms with Crippen molar-refractivity contribution < 1.29 is 27.5 Å². The Morgan fingerprint density at radius 3 is 1.07 bits per heavy atom. The number of terminal acetylenes is 2. The van der Waals surface area contributed by atoms with Crippen molar-refractivity contribution in [3.05, 3.63) is 0 Å². The first kappa shape index (κ1) is 32.8. The molecule has 0 aromatic heterocycles. The van der Waals surface area contributed by atoms with Crippen LogP contribution in [0, 0.1) is 24.7 Å². The summed E-state index contributed by atoms with van der Waals surface area (Å²) in [5.41, 5.74) is 0. The molecule has 0 aliphatic rings. The number of nitrogens with zero attached hydrogens (tertiary/aromatic N) is 2. The summed E-state index contributed by atoms with van der Waals surface area (Å²) in [5.74, 6) is 5.41. The van der Waals surface area contributed by atoms with Gasteiger partial charge in [0.15, 0.2) is 0 Å². The van der Waals surface area contributed by atoms with E-state index in [1.807, 2.05) is 0 Å². The third kappa shape index (κ3) is 20.2. The molecule has 0 aliphatic heterocycles. The minimum atomic E-state index is -5.64. The Morgan fingerprint density at radius 2 is 0.931 bits per heavy atom. The molecular formula is C22H44FN2O3P. The molecule has 0 saturated carbocycles. The molecule has 0 bridgehead atoms. The van der Waals surface area contributed by atoms with E-state index >= 15 is 0 Å². The van der Waals surface area contributed by atoms with Gasteiger partial charge in [-0.2, -0.15) is 0 Å². The fraction of sp³-hybridized carbons (Fsp3) is 0.818. The van der Waals surface area contributed by atoms with Crippen LogP contribution in [0.1, 0.15) is 67.2 Å². The molecule has 0 unspecified atom stereocenters. The first-order valence-corrected chi connectivity index (χ1v) is 12.2. The third-order valence-corrected chi connectivity index (χ3v) is 5.93. The first-order valence-electron chi connectivity index (χ1n) is 10.8. The van der Waals surface area contributed by atoms with E-state index < -0.39 is 7.91 Å². The van der Waals surface area contributed by atoms with Crippen LogP contribution in [-0.4, -0.2) is 61.3 Å². The van der Waals surface area contributed by atoms with Gasteiger partial charge in [0, 0.05) is 25.7 Å². The fourth-order valence-electron chi connectivity index (χ4n) is 3.32. The molecule has 29 heavy (non-hydrogen) atoms. The van der Waals surface area contributed by atoms with Gasteiger partial charge in [0.05, 0.1) is 52.4 Å². The number of rotatable bonds is 12. The van der Waals surface area contributed by atoms with Crippen LogP contribution in [0.5, 0.6) is 0 Å². The highest BCUT2D eigenvalue weighted by atomic mass is 31.2. The minimum absolute atomic E-state index is 0.931. The second-order valence-electron chi connectivity index (χ2n) is 7.07. The van der Waals surface area contributed by atoms with Crippen molar-refractivity contribution in [3.63, 3.8) is 0 Å². The highest BCUT2D eigenvalue weighted by Crippen LogP contribution is 2.22. The quantitative estimate of drug-likeness (QED) is 0.205. The summed E-state index contributed by atoms with van der Waals surface area (Å²) in [7, 11) is -5.64. The Hall–Kier alpha value is -0.880. The van der Waals surface area contributed by atoms with Crippen molar-refractivity contribution in [2.24, 2.45) is 0 Å². The smallest absolute Gasteiger partial charge is 0.110 e. The van der Waals surface area contributed by atoms with Crippen molar-refractivity contribution >= 4 is 7.91 Å². The molecular weight excluding hydrogens is 390 g/mol. The number of hydrogen-bond acceptors (Lipinski definition) is 3. The van der Waals surface area contributed by atoms with E-state index in [-0.39, 0.29) is 0 Å². The Kier molecular flexibility index (Phi) is 21.6. The molecule has 0 heterocycles. The molecule has 0 radical (unpaired) electrons. The lowest BCUT2D eigenvalue weighted by Crippen LogP contribution is -2.48. The molecule has 5 nitrogen and oxygen atoms in total. The Labute approximate surface area is 180 Å². The average Bonchev–Trinajstić information content (AvgIpc) is 2.69. The van der Waals surface area contributed by atoms with Crippen LogP contribution < -0.4 is 9.79 Å². The van der Waals surface area contributed by atoms with Gasteiger partial charge in [-0.05, 0) is 41.5 Å². The maximum Gasteiger partial charge on any atom is 0.110 e. The maximum absolute atomic E-state index is 10.1. The molecule has 0 spiro atoms. The lowest BCUT2D eigenvalue weighted by Gasteiger charge is -2.35. The van der Waals surface area contributed by atoms with E-state index in [2.05, 4.69) is 53.4 Å². The van der Waals surface area contributed by atoms with Crippen LogP contribution in [0.3, 0.4) is 0 Å². The predicted molar refractivity (Wildman–Crippen MR) is 118 cm³/mol. The second-order valence-corrected chi connectivity index (χ2v) is 7.94. The first-order chi connectivity index (χ1) is 13.5. The summed E-state index contributed by atoms with van der Waals surface area (Å²) in [4.78, 5) is 16.9. The van der Waals surface area contributed by atoms with Gasteiger partial charge in [-0.3, -0.25) is 0 Å². The Morgan fingerprint density at radius 1 is 0.724 bits per heavy atom. The molecule has 0 rings (SSSR count). The van der Waals surface area contributed by atoms with Gasteiger partial charge in [0.25, 0.3) is 0 Å². The van der Waals surface area contributed by atoms with Crippen LogP contribution in [0.25, 0.3) is 0 Å². The van der Waals surface area contributed by atoms with E-state index in [0.717, 1.165) is 12.8 Å². The normalized spacial score (nSPS) is 11.3. The van der Waals surface area contributed by atoms with Crippen LogP contribution in [0.4, 0.5) is 4.20 Å². The summed E-state index contributed by atoms with van der Waals surface area (Å²) in [6.45, 7) is 23.5. The highest BCUT2D eigenvalue weighted by molar-refractivity contribution is 7.42. The summed E-state index contributed by atoms with van der Waals surface area (Å²) >= 11 is 0. The maximum atomic E-state index is 10.1. The molecule has 0 aromatic rings. The second kappa shape index (κ2) is 19.1. The average molecular weight is 435 g/mol. The third-order valence-electron chi connectivity index (χ3n) is 5.93. The minimum Gasteiger partial charge on any atom is -0.786 e. The monoisotopic (exact) mass is 434 g/mol. The van der Waals surface area contributed by atoms with Crippen molar-refractivity contribution in [2.45, 2.75) is 67.2 Å². The summed E-state index contributed by atoms with van der Waals surface area (Å²) in [6.07, 6.45) is 14.7. The molecule has 0 fully saturated rings. The van der Waals surface area contributed by atoms with E-state index in [0.29, 0.717) is 0 Å². The molecule has 172 valence electrons. The van der Waals surface area contributed by atoms with Crippen LogP contribution in [0.2, 0.25) is 0 Å². The molecule has 7 heteroatoms. The van der Waals surface area contributed by atoms with Gasteiger partial charge < -0.3 is 23.3 Å². The zero-order valence-corrected chi connectivity index (χ0v) is 20.5. The van der Waals surface area contributed by atoms with Crippen molar-refractivity contribution in [1.29, 1.82) is 0 Å². The SMILES string of the molecule is C#CCCC[N+](CC)(CC)CC.C#CCCC[N+](CC)(CC)CC.O=P([O-])([O-])F. The van der Waals surface area contributed by atoms with E-state index in [1.54, 1.807) is 0 Å². The van der Waals surface area contributed by atoms with E-state index in [4.69, 9.17) is 27.2 Å². The zero-order chi connectivity index (χ0) is 23.4. The van der Waals surface area contributed by atoms with Gasteiger partial charge in [0.1, 0.15) is 7.91 Å². The summed E-state index contributed by atoms with van der Waals surface area (Å²) in [5, 5.41) is 0. The van der Waals surface area contributed by atoms with Crippen LogP contribution in [-0.2, 0) is 4.57 Å². The predicted octanol–water partition coefficient (Wildman–Crippen LogP) is 3.34. The number of hydrogen-bond donors (Lipinski definition) is 0. The summed E-state index contributed by atoms with van der Waals surface area (Å²) < 4.78 is 21.0. The standard InChI is InChI=1S/2C11H22N.FH2O3P/c2*1-5-9-10-11-12(6-2,7-3)8-4;1-5(2,3)4/h2*1H,6-11H2,2-4H3;(H2,2,3,4)/q2*+1;/p-2. The molecule has 0 amide bonds. The van der Waals surface area contributed by atoms with Gasteiger partial charge in [-0.15, -0.1) is 24.7 Å². The molecule has 0 aliphatic carbocycles. The summed E-state index contributed by atoms with van der Waals surface area (Å²) in [6, 6.07) is 0. The fourth-order valence-corrected chi connectivity index (χ4v) is 3.32. The Bertz CT molecular complexity index is 440. The van der Waals surface area contributed by atoms with Crippen molar-refractivity contribution in [2.75, 3.05) is 52.4 Å². The van der Waals surface area contributed by atoms with Crippen molar-refractivity contribution in [3.8, 4) is 24.7 Å². The number of quaternary nitrogens is 2.